The zero-order valence-electron chi connectivity index (χ0n) is 16.3. The maximum atomic E-state index is 4.81. The Kier molecular flexibility index (Phi) is 6.22. The van der Waals surface area contributed by atoms with Gasteiger partial charge in [0.05, 0.1) is 5.69 Å². The van der Waals surface area contributed by atoms with Gasteiger partial charge in [-0.3, -0.25) is 0 Å². The fourth-order valence-corrected chi connectivity index (χ4v) is 4.85. The monoisotopic (exact) mass is 418 g/mol. The second kappa shape index (κ2) is 9.20. The van der Waals surface area contributed by atoms with Gasteiger partial charge in [-0.15, -0.1) is 28.1 Å². The van der Waals surface area contributed by atoms with Crippen molar-refractivity contribution in [2.45, 2.75) is 30.8 Å². The first-order chi connectivity index (χ1) is 14.2. The Bertz CT molecular complexity index is 1100. The number of hydrogen-bond acceptors (Lipinski definition) is 5. The lowest BCUT2D eigenvalue weighted by molar-refractivity contribution is 0.690. The standard InChI is InChI=1S/C23H22N4S2/c1-3-12-27-21(14-18-9-5-4-6-10-18)25-26-23(27)29-16-20-15-28-22(24-20)19-11-7-8-17(2)13-19/h3-11,13,15H,1,12,14,16H2,2H3. The number of allylic oxidation sites excluding steroid dienone is 1. The molecule has 0 saturated heterocycles. The van der Waals surface area contributed by atoms with Gasteiger partial charge >= 0.3 is 0 Å². The number of thioether (sulfide) groups is 1. The van der Waals surface area contributed by atoms with Crippen LogP contribution in [-0.2, 0) is 18.7 Å². The summed E-state index contributed by atoms with van der Waals surface area (Å²) in [6.07, 6.45) is 2.65. The molecule has 0 bridgehead atoms. The van der Waals surface area contributed by atoms with Crippen LogP contribution >= 0.6 is 23.1 Å². The molecular formula is C23H22N4S2. The Labute approximate surface area is 179 Å². The average molecular weight is 419 g/mol. The van der Waals surface area contributed by atoms with E-state index in [9.17, 15) is 0 Å². The van der Waals surface area contributed by atoms with Gasteiger partial charge in [-0.05, 0) is 18.6 Å². The molecule has 0 fully saturated rings. The van der Waals surface area contributed by atoms with Gasteiger partial charge in [0.25, 0.3) is 0 Å². The number of aromatic nitrogens is 4. The topological polar surface area (TPSA) is 43.6 Å². The molecule has 0 radical (unpaired) electrons. The lowest BCUT2D eigenvalue weighted by atomic mass is 10.1. The molecule has 146 valence electrons. The van der Waals surface area contributed by atoms with Crippen molar-refractivity contribution in [1.82, 2.24) is 19.7 Å². The Morgan fingerprint density at radius 1 is 1.10 bits per heavy atom. The van der Waals surface area contributed by atoms with Gasteiger partial charge in [-0.2, -0.15) is 0 Å². The van der Waals surface area contributed by atoms with Crippen molar-refractivity contribution in [2.75, 3.05) is 0 Å². The van der Waals surface area contributed by atoms with Crippen molar-refractivity contribution >= 4 is 23.1 Å². The van der Waals surface area contributed by atoms with Crippen molar-refractivity contribution in [3.05, 3.63) is 95.3 Å². The van der Waals surface area contributed by atoms with E-state index in [1.807, 2.05) is 24.3 Å². The van der Waals surface area contributed by atoms with E-state index in [-0.39, 0.29) is 0 Å². The fraction of sp³-hybridized carbons (Fsp3) is 0.174. The van der Waals surface area contributed by atoms with E-state index in [1.54, 1.807) is 23.1 Å². The third kappa shape index (κ3) is 4.83. The molecule has 0 aliphatic heterocycles. The van der Waals surface area contributed by atoms with Crippen LogP contribution in [-0.4, -0.2) is 19.7 Å². The maximum Gasteiger partial charge on any atom is 0.191 e. The molecule has 0 aliphatic carbocycles. The number of nitrogens with zero attached hydrogens (tertiary/aromatic N) is 4. The molecule has 4 aromatic rings. The van der Waals surface area contributed by atoms with Gasteiger partial charge in [0.15, 0.2) is 5.16 Å². The van der Waals surface area contributed by atoms with Crippen LogP contribution in [0.25, 0.3) is 10.6 Å². The third-order valence-corrected chi connectivity index (χ3v) is 6.42. The summed E-state index contributed by atoms with van der Waals surface area (Å²) in [5, 5.41) is 12.9. The van der Waals surface area contributed by atoms with E-state index in [0.29, 0.717) is 6.54 Å². The minimum Gasteiger partial charge on any atom is -0.302 e. The van der Waals surface area contributed by atoms with Gasteiger partial charge in [0.2, 0.25) is 0 Å². The van der Waals surface area contributed by atoms with Gasteiger partial charge in [0.1, 0.15) is 10.8 Å². The minimum absolute atomic E-state index is 0.698. The number of rotatable bonds is 8. The summed E-state index contributed by atoms with van der Waals surface area (Å²) in [5.74, 6) is 1.72. The van der Waals surface area contributed by atoms with Crippen molar-refractivity contribution < 1.29 is 0 Å². The molecule has 6 heteroatoms. The maximum absolute atomic E-state index is 4.81. The van der Waals surface area contributed by atoms with E-state index >= 15 is 0 Å². The second-order valence-electron chi connectivity index (χ2n) is 6.76. The number of thiazole rings is 1. The van der Waals surface area contributed by atoms with Crippen LogP contribution in [0.15, 0.2) is 77.8 Å². The number of aryl methyl sites for hydroxylation is 1. The van der Waals surface area contributed by atoms with Crippen LogP contribution < -0.4 is 0 Å². The van der Waals surface area contributed by atoms with Crippen LogP contribution in [0.3, 0.4) is 0 Å². The molecule has 0 atom stereocenters. The van der Waals surface area contributed by atoms with Crippen LogP contribution in [0.5, 0.6) is 0 Å². The highest BCUT2D eigenvalue weighted by Crippen LogP contribution is 2.28. The van der Waals surface area contributed by atoms with Crippen LogP contribution in [0.1, 0.15) is 22.6 Å². The Morgan fingerprint density at radius 2 is 1.97 bits per heavy atom. The number of benzene rings is 2. The summed E-state index contributed by atoms with van der Waals surface area (Å²) in [5.41, 5.74) is 4.71. The summed E-state index contributed by atoms with van der Waals surface area (Å²) in [6, 6.07) is 18.8. The molecule has 29 heavy (non-hydrogen) atoms. The molecule has 0 amide bonds. The SMILES string of the molecule is C=CCn1c(Cc2ccccc2)nnc1SCc1csc(-c2cccc(C)c2)n1. The summed E-state index contributed by atoms with van der Waals surface area (Å²) >= 11 is 3.35. The molecule has 2 aromatic carbocycles. The van der Waals surface area contributed by atoms with Gasteiger partial charge in [-0.1, -0.05) is 71.9 Å². The Hall–Kier alpha value is -2.70. The van der Waals surface area contributed by atoms with Crippen molar-refractivity contribution in [1.29, 1.82) is 0 Å². The molecule has 0 saturated carbocycles. The minimum atomic E-state index is 0.698. The summed E-state index contributed by atoms with van der Waals surface area (Å²) < 4.78 is 2.14. The van der Waals surface area contributed by atoms with Crippen LogP contribution in [0.4, 0.5) is 0 Å². The Balaban J connectivity index is 1.48. The van der Waals surface area contributed by atoms with Crippen molar-refractivity contribution in [3.63, 3.8) is 0 Å². The lowest BCUT2D eigenvalue weighted by Crippen LogP contribution is -2.04. The van der Waals surface area contributed by atoms with E-state index in [2.05, 4.69) is 70.0 Å². The quantitative estimate of drug-likeness (QED) is 0.269. The fourth-order valence-electron chi connectivity index (χ4n) is 3.07. The summed E-state index contributed by atoms with van der Waals surface area (Å²) in [6.45, 7) is 6.69. The normalized spacial score (nSPS) is 10.9. The second-order valence-corrected chi connectivity index (χ2v) is 8.56. The van der Waals surface area contributed by atoms with Crippen LogP contribution in [0, 0.1) is 6.92 Å². The predicted molar refractivity (Wildman–Crippen MR) is 121 cm³/mol. The first-order valence-corrected chi connectivity index (χ1v) is 11.3. The van der Waals surface area contributed by atoms with Gasteiger partial charge < -0.3 is 4.57 Å². The van der Waals surface area contributed by atoms with Gasteiger partial charge in [0, 0.05) is 29.7 Å². The molecule has 2 aromatic heterocycles. The molecule has 2 heterocycles. The Morgan fingerprint density at radius 3 is 2.76 bits per heavy atom. The van der Waals surface area contributed by atoms with Crippen LogP contribution in [0.2, 0.25) is 0 Å². The molecule has 0 spiro atoms. The van der Waals surface area contributed by atoms with E-state index < -0.39 is 0 Å². The smallest absolute Gasteiger partial charge is 0.191 e. The summed E-state index contributed by atoms with van der Waals surface area (Å²) in [7, 11) is 0. The molecule has 4 rings (SSSR count). The highest BCUT2D eigenvalue weighted by Gasteiger charge is 2.13. The zero-order valence-corrected chi connectivity index (χ0v) is 17.9. The summed E-state index contributed by atoms with van der Waals surface area (Å²) in [4.78, 5) is 4.81. The van der Waals surface area contributed by atoms with E-state index in [0.717, 1.165) is 33.9 Å². The predicted octanol–water partition coefficient (Wildman–Crippen LogP) is 5.78. The van der Waals surface area contributed by atoms with Crippen molar-refractivity contribution in [3.8, 4) is 10.6 Å². The zero-order chi connectivity index (χ0) is 20.1. The molecule has 0 unspecified atom stereocenters. The largest absolute Gasteiger partial charge is 0.302 e. The van der Waals surface area contributed by atoms with E-state index in [1.165, 1.54) is 16.7 Å². The lowest BCUT2D eigenvalue weighted by Gasteiger charge is -2.07. The average Bonchev–Trinajstić information content (AvgIpc) is 3.35. The molecule has 4 nitrogen and oxygen atoms in total. The van der Waals surface area contributed by atoms with Gasteiger partial charge in [-0.25, -0.2) is 4.98 Å². The third-order valence-electron chi connectivity index (χ3n) is 4.48. The molecule has 0 aliphatic rings. The van der Waals surface area contributed by atoms with E-state index in [4.69, 9.17) is 4.98 Å². The first kappa shape index (κ1) is 19.6. The van der Waals surface area contributed by atoms with Crippen molar-refractivity contribution in [2.24, 2.45) is 0 Å². The molecule has 0 N–H and O–H groups in total. The molecular weight excluding hydrogens is 396 g/mol. The number of hydrogen-bond donors (Lipinski definition) is 0. The highest BCUT2D eigenvalue weighted by atomic mass is 32.2. The highest BCUT2D eigenvalue weighted by molar-refractivity contribution is 7.98. The first-order valence-electron chi connectivity index (χ1n) is 9.44.